The summed E-state index contributed by atoms with van der Waals surface area (Å²) < 4.78 is 1.88. The van der Waals surface area contributed by atoms with Gasteiger partial charge in [0.25, 0.3) is 5.56 Å². The number of fused-ring (bicyclic) bond motifs is 1. The van der Waals surface area contributed by atoms with Gasteiger partial charge in [-0.05, 0) is 0 Å². The maximum atomic E-state index is 11.9. The predicted molar refractivity (Wildman–Crippen MR) is 60.5 cm³/mol. The summed E-state index contributed by atoms with van der Waals surface area (Å²) >= 11 is 0. The van der Waals surface area contributed by atoms with Crippen molar-refractivity contribution in [1.82, 2.24) is 9.13 Å². The molecule has 2 N–H and O–H groups in total. The Balaban J connectivity index is 2.87. The average Bonchev–Trinajstić information content (AvgIpc) is 2.32. The lowest BCUT2D eigenvalue weighted by molar-refractivity contribution is -0.140. The van der Waals surface area contributed by atoms with Gasteiger partial charge in [-0.2, -0.15) is 0 Å². The van der Waals surface area contributed by atoms with E-state index in [2.05, 4.69) is 5.32 Å². The lowest BCUT2D eigenvalue weighted by Crippen LogP contribution is -2.45. The van der Waals surface area contributed by atoms with Crippen molar-refractivity contribution in [3.05, 3.63) is 26.4 Å². The monoisotopic (exact) mass is 253 g/mol. The van der Waals surface area contributed by atoms with Gasteiger partial charge in [-0.1, -0.05) is 0 Å². The number of rotatable bonds is 1. The Morgan fingerprint density at radius 2 is 1.89 bits per heavy atom. The molecule has 1 unspecified atom stereocenters. The molecule has 0 saturated carbocycles. The van der Waals surface area contributed by atoms with Crippen LogP contribution in [0.25, 0.3) is 0 Å². The van der Waals surface area contributed by atoms with Crippen LogP contribution in [0.1, 0.15) is 17.9 Å². The van der Waals surface area contributed by atoms with E-state index in [9.17, 15) is 19.2 Å². The molecular weight excluding hydrogens is 242 g/mol. The highest BCUT2D eigenvalue weighted by Gasteiger charge is 2.35. The van der Waals surface area contributed by atoms with E-state index in [1.165, 1.54) is 14.1 Å². The predicted octanol–water partition coefficient (Wildman–Crippen LogP) is -1.41. The molecule has 96 valence electrons. The Hall–Kier alpha value is -2.38. The normalized spacial score (nSPS) is 18.1. The van der Waals surface area contributed by atoms with Crippen molar-refractivity contribution in [2.24, 2.45) is 14.1 Å². The van der Waals surface area contributed by atoms with Crippen molar-refractivity contribution >= 4 is 17.7 Å². The van der Waals surface area contributed by atoms with E-state index in [0.717, 1.165) is 9.13 Å². The Bertz CT molecular complexity index is 669. The molecule has 0 fully saturated rings. The molecule has 0 aromatic carbocycles. The molecule has 0 aliphatic carbocycles. The Morgan fingerprint density at radius 1 is 1.28 bits per heavy atom. The zero-order valence-electron chi connectivity index (χ0n) is 9.76. The number of carbonyl (C=O) groups is 2. The second kappa shape index (κ2) is 3.83. The van der Waals surface area contributed by atoms with Gasteiger partial charge in [0.15, 0.2) is 0 Å². The summed E-state index contributed by atoms with van der Waals surface area (Å²) in [7, 11) is 2.63. The minimum atomic E-state index is -1.26. The number of carboxylic acid groups (broad SMARTS) is 1. The van der Waals surface area contributed by atoms with E-state index in [-0.39, 0.29) is 17.8 Å². The fourth-order valence-corrected chi connectivity index (χ4v) is 2.02. The van der Waals surface area contributed by atoms with Crippen LogP contribution in [-0.2, 0) is 23.7 Å². The number of amides is 1. The van der Waals surface area contributed by atoms with Gasteiger partial charge in [-0.25, -0.2) is 4.79 Å². The van der Waals surface area contributed by atoms with E-state index in [0.29, 0.717) is 0 Å². The molecule has 1 amide bonds. The molecule has 8 heteroatoms. The van der Waals surface area contributed by atoms with Crippen molar-refractivity contribution in [2.45, 2.75) is 12.3 Å². The zero-order valence-corrected chi connectivity index (χ0v) is 9.76. The molecule has 0 saturated heterocycles. The maximum absolute atomic E-state index is 11.9. The average molecular weight is 253 g/mol. The SMILES string of the molecule is Cn1c2c(c(=O)n(C)c1=O)C(C(=O)O)CC(=O)N2. The summed E-state index contributed by atoms with van der Waals surface area (Å²) in [5, 5.41) is 11.4. The quantitative estimate of drug-likeness (QED) is 0.639. The van der Waals surface area contributed by atoms with Crippen molar-refractivity contribution in [3.63, 3.8) is 0 Å². The third kappa shape index (κ3) is 1.53. The lowest BCUT2D eigenvalue weighted by atomic mass is 9.93. The third-order valence-corrected chi connectivity index (χ3v) is 2.99. The van der Waals surface area contributed by atoms with Crippen molar-refractivity contribution in [3.8, 4) is 0 Å². The molecule has 1 aliphatic heterocycles. The highest BCUT2D eigenvalue weighted by molar-refractivity contribution is 5.98. The van der Waals surface area contributed by atoms with Gasteiger partial charge in [-0.3, -0.25) is 23.5 Å². The first kappa shape index (κ1) is 12.1. The summed E-state index contributed by atoms with van der Waals surface area (Å²) in [6, 6.07) is 0. The van der Waals surface area contributed by atoms with Gasteiger partial charge in [0, 0.05) is 20.5 Å². The fourth-order valence-electron chi connectivity index (χ4n) is 2.02. The molecule has 0 bridgehead atoms. The molecule has 1 aromatic heterocycles. The molecule has 1 aliphatic rings. The molecule has 2 rings (SSSR count). The summed E-state index contributed by atoms with van der Waals surface area (Å²) in [5.41, 5.74) is -1.38. The smallest absolute Gasteiger partial charge is 0.332 e. The van der Waals surface area contributed by atoms with Gasteiger partial charge < -0.3 is 10.4 Å². The van der Waals surface area contributed by atoms with Crippen molar-refractivity contribution in [2.75, 3.05) is 5.32 Å². The van der Waals surface area contributed by atoms with Gasteiger partial charge in [-0.15, -0.1) is 0 Å². The van der Waals surface area contributed by atoms with Crippen LogP contribution in [0.3, 0.4) is 0 Å². The lowest BCUT2D eigenvalue weighted by Gasteiger charge is -2.24. The minimum Gasteiger partial charge on any atom is -0.481 e. The van der Waals surface area contributed by atoms with E-state index in [1.54, 1.807) is 0 Å². The zero-order chi connectivity index (χ0) is 13.6. The van der Waals surface area contributed by atoms with Gasteiger partial charge in [0.1, 0.15) is 5.82 Å². The van der Waals surface area contributed by atoms with Gasteiger partial charge >= 0.3 is 11.7 Å². The number of aliphatic carboxylic acids is 1. The highest BCUT2D eigenvalue weighted by Crippen LogP contribution is 2.28. The van der Waals surface area contributed by atoms with Crippen LogP contribution in [0.15, 0.2) is 9.59 Å². The van der Waals surface area contributed by atoms with Crippen LogP contribution < -0.4 is 16.6 Å². The summed E-state index contributed by atoms with van der Waals surface area (Å²) in [6.07, 6.45) is -0.310. The van der Waals surface area contributed by atoms with E-state index >= 15 is 0 Å². The van der Waals surface area contributed by atoms with Gasteiger partial charge in [0.2, 0.25) is 5.91 Å². The standard InChI is InChI=1S/C10H11N3O5/c1-12-7-6(8(15)13(2)10(12)18)4(9(16)17)3-5(14)11-7/h4H,3H2,1-2H3,(H,11,14)(H,16,17). The summed E-state index contributed by atoms with van der Waals surface area (Å²) in [4.78, 5) is 46.1. The first-order valence-corrected chi connectivity index (χ1v) is 5.17. The van der Waals surface area contributed by atoms with Gasteiger partial charge in [0.05, 0.1) is 11.5 Å². The Morgan fingerprint density at radius 3 is 2.44 bits per heavy atom. The summed E-state index contributed by atoms with van der Waals surface area (Å²) in [6.45, 7) is 0. The second-order valence-corrected chi connectivity index (χ2v) is 4.11. The number of nitrogens with zero attached hydrogens (tertiary/aromatic N) is 2. The number of nitrogens with one attached hydrogen (secondary N) is 1. The molecule has 1 aromatic rings. The molecule has 8 nitrogen and oxygen atoms in total. The number of carbonyl (C=O) groups excluding carboxylic acids is 1. The van der Waals surface area contributed by atoms with Crippen LogP contribution in [0, 0.1) is 0 Å². The first-order valence-electron chi connectivity index (χ1n) is 5.17. The number of hydrogen-bond donors (Lipinski definition) is 2. The van der Waals surface area contributed by atoms with Crippen LogP contribution in [0.2, 0.25) is 0 Å². The molecule has 0 radical (unpaired) electrons. The summed E-state index contributed by atoms with van der Waals surface area (Å²) in [5.74, 6) is -3.05. The first-order chi connectivity index (χ1) is 8.34. The van der Waals surface area contributed by atoms with Crippen LogP contribution in [0.5, 0.6) is 0 Å². The van der Waals surface area contributed by atoms with Crippen LogP contribution in [-0.4, -0.2) is 26.1 Å². The van der Waals surface area contributed by atoms with E-state index in [1.807, 2.05) is 0 Å². The van der Waals surface area contributed by atoms with Crippen molar-refractivity contribution < 1.29 is 14.7 Å². The topological polar surface area (TPSA) is 110 Å². The number of carboxylic acids is 1. The Kier molecular flexibility index (Phi) is 2.57. The highest BCUT2D eigenvalue weighted by atomic mass is 16.4. The van der Waals surface area contributed by atoms with E-state index in [4.69, 9.17) is 5.11 Å². The molecule has 2 heterocycles. The molecular formula is C10H11N3O5. The second-order valence-electron chi connectivity index (χ2n) is 4.11. The molecule has 1 atom stereocenters. The third-order valence-electron chi connectivity index (χ3n) is 2.99. The number of aromatic nitrogens is 2. The van der Waals surface area contributed by atoms with Crippen LogP contribution in [0.4, 0.5) is 5.82 Å². The van der Waals surface area contributed by atoms with Crippen LogP contribution >= 0.6 is 0 Å². The fraction of sp³-hybridized carbons (Fsp3) is 0.400. The van der Waals surface area contributed by atoms with E-state index < -0.39 is 29.0 Å². The maximum Gasteiger partial charge on any atom is 0.332 e. The largest absolute Gasteiger partial charge is 0.481 e. The minimum absolute atomic E-state index is 0.0354. The van der Waals surface area contributed by atoms with Crippen molar-refractivity contribution in [1.29, 1.82) is 0 Å². The number of hydrogen-bond acceptors (Lipinski definition) is 4. The molecule has 0 spiro atoms. The number of anilines is 1. The Labute approximate surface area is 100 Å². The molecule has 18 heavy (non-hydrogen) atoms.